The van der Waals surface area contributed by atoms with Crippen molar-refractivity contribution in [1.29, 1.82) is 0 Å². The van der Waals surface area contributed by atoms with Gasteiger partial charge in [-0.1, -0.05) is 147 Å². The first-order valence-electron chi connectivity index (χ1n) is 24.3. The normalized spacial score (nSPS) is 19.5. The van der Waals surface area contributed by atoms with Crippen molar-refractivity contribution >= 4 is 65.7 Å². The quantitative estimate of drug-likeness (QED) is 0.166. The summed E-state index contributed by atoms with van der Waals surface area (Å²) in [6.07, 6.45) is 6.59. The van der Waals surface area contributed by atoms with Gasteiger partial charge in [0.2, 0.25) is 5.95 Å². The standard InChI is InChI=1S/C62H48N4O2/c1-37-30-39-31-38(2)35-62(34-37,36-39)43-28-26-40(27-29-43)42-32-50-46-17-8-11-25-55(46)68-58(50)51(33-42)60-63-59(49-21-12-20-47-45-16-7-10-24-54(45)67-57(47)49)64-61(65-60)66-52-22-9-6-18-48(52)56-44(19-13-23-53(56)66)41-14-4-3-5-15-41/h3-29,32-33,37-39H,30-31,34-36H2,1-2H3. The smallest absolute Gasteiger partial charge is 0.238 e. The van der Waals surface area contributed by atoms with Crippen molar-refractivity contribution in [2.24, 2.45) is 17.8 Å². The van der Waals surface area contributed by atoms with E-state index >= 15 is 0 Å². The van der Waals surface area contributed by atoms with Gasteiger partial charge in [0.15, 0.2) is 11.6 Å². The molecule has 8 aromatic carbocycles. The molecule has 0 N–H and O–H groups in total. The lowest BCUT2D eigenvalue weighted by molar-refractivity contribution is 0.0780. The molecule has 14 rings (SSSR count). The fraction of sp³-hybridized carbons (Fsp3) is 0.177. The number of benzene rings is 8. The number of rotatable bonds is 6. The highest BCUT2D eigenvalue weighted by Gasteiger charge is 2.45. The van der Waals surface area contributed by atoms with E-state index in [2.05, 4.69) is 170 Å². The van der Waals surface area contributed by atoms with Crippen LogP contribution in [0.1, 0.15) is 51.5 Å². The maximum absolute atomic E-state index is 6.86. The maximum Gasteiger partial charge on any atom is 0.238 e. The lowest BCUT2D eigenvalue weighted by Gasteiger charge is -2.50. The molecule has 2 bridgehead atoms. The maximum atomic E-state index is 6.86. The Morgan fingerprint density at radius 2 is 1.04 bits per heavy atom. The Labute approximate surface area is 393 Å². The minimum absolute atomic E-state index is 0.253. The molecule has 2 atom stereocenters. The van der Waals surface area contributed by atoms with Gasteiger partial charge in [-0.05, 0) is 126 Å². The van der Waals surface area contributed by atoms with Crippen LogP contribution in [0.5, 0.6) is 0 Å². The average molecular weight is 881 g/mol. The van der Waals surface area contributed by atoms with E-state index in [4.69, 9.17) is 23.8 Å². The van der Waals surface area contributed by atoms with Crippen molar-refractivity contribution in [2.75, 3.05) is 0 Å². The third-order valence-electron chi connectivity index (χ3n) is 15.4. The largest absolute Gasteiger partial charge is 0.455 e. The molecule has 6 heteroatoms. The number of nitrogens with zero attached hydrogens (tertiary/aromatic N) is 4. The second-order valence-corrected chi connectivity index (χ2v) is 20.0. The molecule has 2 aliphatic rings. The predicted molar refractivity (Wildman–Crippen MR) is 277 cm³/mol. The number of fused-ring (bicyclic) bond motifs is 11. The highest BCUT2D eigenvalue weighted by atomic mass is 16.3. The summed E-state index contributed by atoms with van der Waals surface area (Å²) in [6, 6.07) is 62.5. The number of hydrogen-bond acceptors (Lipinski definition) is 5. The molecule has 6 nitrogen and oxygen atoms in total. The molecule has 4 aromatic heterocycles. The number of hydrogen-bond donors (Lipinski definition) is 0. The zero-order chi connectivity index (χ0) is 45.1. The lowest BCUT2D eigenvalue weighted by Crippen LogP contribution is -2.42. The molecule has 0 aliphatic heterocycles. The van der Waals surface area contributed by atoms with Crippen LogP contribution in [0.3, 0.4) is 0 Å². The molecule has 0 amide bonds. The van der Waals surface area contributed by atoms with Gasteiger partial charge in [0.25, 0.3) is 0 Å². The average Bonchev–Trinajstić information content (AvgIpc) is 4.06. The summed E-state index contributed by atoms with van der Waals surface area (Å²) in [5.74, 6) is 3.87. The third kappa shape index (κ3) is 6.13. The van der Waals surface area contributed by atoms with E-state index in [0.29, 0.717) is 17.6 Å². The molecular formula is C62H48N4O2. The Bertz CT molecular complexity index is 3930. The second-order valence-electron chi connectivity index (χ2n) is 20.0. The SMILES string of the molecule is CC1CC2CC(C)CC(c3ccc(-c4cc(-c5nc(-c6cccc7c6oc6ccccc67)nc(-n6c7ccccc7c7c(-c8ccccc8)cccc76)n5)c5oc6ccccc6c5c4)cc3)(C1)C2. The summed E-state index contributed by atoms with van der Waals surface area (Å²) in [7, 11) is 0. The Kier molecular flexibility index (Phi) is 8.73. The zero-order valence-electron chi connectivity index (χ0n) is 38.1. The Balaban J connectivity index is 1.02. The minimum atomic E-state index is 0.253. The molecule has 2 unspecified atom stereocenters. The molecule has 2 fully saturated rings. The molecule has 0 radical (unpaired) electrons. The van der Waals surface area contributed by atoms with Gasteiger partial charge >= 0.3 is 0 Å². The monoisotopic (exact) mass is 880 g/mol. The van der Waals surface area contributed by atoms with Gasteiger partial charge in [-0.25, -0.2) is 4.98 Å². The Morgan fingerprint density at radius 1 is 0.456 bits per heavy atom. The third-order valence-corrected chi connectivity index (χ3v) is 15.4. The summed E-state index contributed by atoms with van der Waals surface area (Å²) < 4.78 is 15.7. The summed E-state index contributed by atoms with van der Waals surface area (Å²) >= 11 is 0. The van der Waals surface area contributed by atoms with Crippen LogP contribution in [-0.2, 0) is 5.41 Å². The number of aromatic nitrogens is 4. The highest BCUT2D eigenvalue weighted by Crippen LogP contribution is 2.54. The van der Waals surface area contributed by atoms with E-state index in [1.807, 2.05) is 24.3 Å². The van der Waals surface area contributed by atoms with E-state index in [0.717, 1.165) is 117 Å². The topological polar surface area (TPSA) is 69.9 Å². The van der Waals surface area contributed by atoms with E-state index in [9.17, 15) is 0 Å². The van der Waals surface area contributed by atoms with Crippen LogP contribution < -0.4 is 0 Å². The second kappa shape index (κ2) is 15.1. The van der Waals surface area contributed by atoms with Crippen LogP contribution >= 0.6 is 0 Å². The van der Waals surface area contributed by atoms with Gasteiger partial charge in [-0.3, -0.25) is 4.57 Å². The summed E-state index contributed by atoms with van der Waals surface area (Å²) in [6.45, 7) is 4.94. The molecule has 328 valence electrons. The van der Waals surface area contributed by atoms with Crippen LogP contribution in [0.2, 0.25) is 0 Å². The van der Waals surface area contributed by atoms with Crippen LogP contribution in [0, 0.1) is 17.8 Å². The molecule has 2 saturated carbocycles. The fourth-order valence-electron chi connectivity index (χ4n) is 13.0. The van der Waals surface area contributed by atoms with Gasteiger partial charge in [-0.2, -0.15) is 9.97 Å². The Hall–Kier alpha value is -7.83. The highest BCUT2D eigenvalue weighted by molar-refractivity contribution is 6.16. The van der Waals surface area contributed by atoms with Crippen LogP contribution in [0.15, 0.2) is 185 Å². The summed E-state index contributed by atoms with van der Waals surface area (Å²) in [5.41, 5.74) is 13.0. The molecule has 4 heterocycles. The zero-order valence-corrected chi connectivity index (χ0v) is 38.1. The van der Waals surface area contributed by atoms with Gasteiger partial charge in [0, 0.05) is 32.3 Å². The van der Waals surface area contributed by atoms with E-state index in [1.165, 1.54) is 37.7 Å². The Morgan fingerprint density at radius 3 is 1.79 bits per heavy atom. The van der Waals surface area contributed by atoms with Gasteiger partial charge in [-0.15, -0.1) is 0 Å². The number of para-hydroxylation sites is 4. The minimum Gasteiger partial charge on any atom is -0.455 e. The number of furan rings is 2. The molecule has 0 saturated heterocycles. The van der Waals surface area contributed by atoms with Gasteiger partial charge in [0.1, 0.15) is 22.3 Å². The first-order chi connectivity index (χ1) is 33.4. The van der Waals surface area contributed by atoms with Crippen molar-refractivity contribution < 1.29 is 8.83 Å². The van der Waals surface area contributed by atoms with Crippen molar-refractivity contribution in [2.45, 2.75) is 51.4 Å². The summed E-state index contributed by atoms with van der Waals surface area (Å²) in [4.78, 5) is 16.4. The molecule has 0 spiro atoms. The first kappa shape index (κ1) is 39.3. The van der Waals surface area contributed by atoms with Crippen LogP contribution in [0.4, 0.5) is 0 Å². The van der Waals surface area contributed by atoms with Crippen LogP contribution in [-0.4, -0.2) is 19.5 Å². The van der Waals surface area contributed by atoms with E-state index < -0.39 is 0 Å². The van der Waals surface area contributed by atoms with Crippen molar-refractivity contribution in [3.63, 3.8) is 0 Å². The first-order valence-corrected chi connectivity index (χ1v) is 24.3. The predicted octanol–water partition coefficient (Wildman–Crippen LogP) is 16.5. The lowest BCUT2D eigenvalue weighted by atomic mass is 9.54. The molecular weight excluding hydrogens is 833 g/mol. The molecule has 68 heavy (non-hydrogen) atoms. The molecule has 12 aromatic rings. The van der Waals surface area contributed by atoms with E-state index in [1.54, 1.807) is 0 Å². The molecule has 2 aliphatic carbocycles. The summed E-state index contributed by atoms with van der Waals surface area (Å²) in [5, 5.41) is 6.40. The van der Waals surface area contributed by atoms with Crippen LogP contribution in [0.25, 0.3) is 117 Å². The van der Waals surface area contributed by atoms with Crippen molar-refractivity contribution in [1.82, 2.24) is 19.5 Å². The van der Waals surface area contributed by atoms with Gasteiger partial charge < -0.3 is 8.83 Å². The van der Waals surface area contributed by atoms with E-state index in [-0.39, 0.29) is 5.41 Å². The van der Waals surface area contributed by atoms with Crippen molar-refractivity contribution in [3.05, 3.63) is 181 Å². The van der Waals surface area contributed by atoms with Gasteiger partial charge in [0.05, 0.1) is 22.2 Å². The fourth-order valence-corrected chi connectivity index (χ4v) is 13.0. The van der Waals surface area contributed by atoms with Crippen molar-refractivity contribution in [3.8, 4) is 51.0 Å².